The molecule has 3 aromatic carbocycles. The van der Waals surface area contributed by atoms with Gasteiger partial charge >= 0.3 is 0 Å². The summed E-state index contributed by atoms with van der Waals surface area (Å²) in [6, 6.07) is 31.4. The van der Waals surface area contributed by atoms with Gasteiger partial charge in [0, 0.05) is 12.8 Å². The maximum atomic E-state index is 12.0. The number of hydrogen-bond donors (Lipinski definition) is 1. The predicted molar refractivity (Wildman–Crippen MR) is 114 cm³/mol. The minimum Gasteiger partial charge on any atom is -0.389 e. The zero-order valence-electron chi connectivity index (χ0n) is 16.2. The van der Waals surface area contributed by atoms with Crippen LogP contribution in [-0.4, -0.2) is 10.7 Å². The van der Waals surface area contributed by atoms with Crippen LogP contribution in [0.25, 0.3) is 0 Å². The molecule has 0 aromatic heterocycles. The molecule has 0 heterocycles. The van der Waals surface area contributed by atoms with Crippen LogP contribution < -0.4 is 0 Å². The molecule has 0 aliphatic heterocycles. The van der Waals surface area contributed by atoms with Gasteiger partial charge in [-0.3, -0.25) is 0 Å². The van der Waals surface area contributed by atoms with E-state index in [1.165, 1.54) is 16.7 Å². The minimum absolute atomic E-state index is 0.213. The van der Waals surface area contributed by atoms with E-state index in [1.54, 1.807) is 0 Å². The van der Waals surface area contributed by atoms with Gasteiger partial charge in [-0.1, -0.05) is 104 Å². The Balaban J connectivity index is 1.91. The van der Waals surface area contributed by atoms with E-state index in [0.717, 1.165) is 19.3 Å². The summed E-state index contributed by atoms with van der Waals surface area (Å²) in [5.41, 5.74) is 2.93. The summed E-state index contributed by atoms with van der Waals surface area (Å²) >= 11 is 0. The van der Waals surface area contributed by atoms with Crippen molar-refractivity contribution in [1.82, 2.24) is 0 Å². The van der Waals surface area contributed by atoms with Gasteiger partial charge in [-0.05, 0) is 35.4 Å². The fourth-order valence-electron chi connectivity index (χ4n) is 4.06. The van der Waals surface area contributed by atoms with Crippen LogP contribution in [0.3, 0.4) is 0 Å². The number of hydrogen-bond acceptors (Lipinski definition) is 1. The average molecular weight is 359 g/mol. The van der Waals surface area contributed by atoms with Crippen LogP contribution in [-0.2, 0) is 19.3 Å². The smallest absolute Gasteiger partial charge is 0.0759 e. The largest absolute Gasteiger partial charge is 0.389 e. The molecular weight excluding hydrogens is 328 g/mol. The summed E-state index contributed by atoms with van der Waals surface area (Å²) in [6.45, 7) is 2.21. The van der Waals surface area contributed by atoms with Crippen molar-refractivity contribution in [1.29, 1.82) is 0 Å². The summed E-state index contributed by atoms with van der Waals surface area (Å²) in [6.07, 6.45) is 4.36. The zero-order valence-corrected chi connectivity index (χ0v) is 16.2. The molecule has 0 aliphatic rings. The Morgan fingerprint density at radius 1 is 0.667 bits per heavy atom. The Bertz CT molecular complexity index is 739. The summed E-state index contributed by atoms with van der Waals surface area (Å²) in [5, 5.41) is 12.0. The Kier molecular flexibility index (Phi) is 6.84. The molecule has 0 aliphatic carbocycles. The maximum absolute atomic E-state index is 12.0. The maximum Gasteiger partial charge on any atom is 0.0759 e. The fraction of sp³-hybridized carbons (Fsp3) is 0.308. The van der Waals surface area contributed by atoms with Gasteiger partial charge in [-0.2, -0.15) is 0 Å². The van der Waals surface area contributed by atoms with Crippen molar-refractivity contribution in [3.63, 3.8) is 0 Å². The average Bonchev–Trinajstić information content (AvgIpc) is 2.70. The molecule has 0 fully saturated rings. The molecular formula is C26H30O. The van der Waals surface area contributed by atoms with Crippen LogP contribution in [0, 0.1) is 5.92 Å². The van der Waals surface area contributed by atoms with Gasteiger partial charge in [-0.15, -0.1) is 0 Å². The second-order valence-electron chi connectivity index (χ2n) is 7.60. The van der Waals surface area contributed by atoms with Crippen molar-refractivity contribution < 1.29 is 5.11 Å². The van der Waals surface area contributed by atoms with E-state index in [2.05, 4.69) is 85.8 Å². The number of aliphatic hydroxyl groups is 1. The van der Waals surface area contributed by atoms with E-state index in [4.69, 9.17) is 0 Å². The standard InChI is InChI=1S/C26H30O/c1-2-12-25(19-22-13-6-3-7-14-22)26(27,20-23-15-8-4-9-16-23)21-24-17-10-5-11-18-24/h3-11,13-18,25,27H,2,12,19-21H2,1H3. The molecule has 3 rings (SSSR count). The lowest BCUT2D eigenvalue weighted by Crippen LogP contribution is -2.43. The molecule has 0 saturated carbocycles. The van der Waals surface area contributed by atoms with E-state index >= 15 is 0 Å². The molecule has 1 N–H and O–H groups in total. The lowest BCUT2D eigenvalue weighted by Gasteiger charge is -2.37. The molecule has 0 spiro atoms. The molecule has 27 heavy (non-hydrogen) atoms. The second kappa shape index (κ2) is 9.53. The van der Waals surface area contributed by atoms with Gasteiger partial charge in [0.2, 0.25) is 0 Å². The minimum atomic E-state index is -0.769. The Morgan fingerprint density at radius 3 is 1.48 bits per heavy atom. The highest BCUT2D eigenvalue weighted by Crippen LogP contribution is 2.33. The molecule has 0 saturated heterocycles. The van der Waals surface area contributed by atoms with Gasteiger partial charge in [0.05, 0.1) is 5.60 Å². The first-order valence-corrected chi connectivity index (χ1v) is 10.0. The van der Waals surface area contributed by atoms with Crippen molar-refractivity contribution in [2.45, 2.75) is 44.6 Å². The predicted octanol–water partition coefficient (Wildman–Crippen LogP) is 5.86. The highest BCUT2D eigenvalue weighted by atomic mass is 16.3. The van der Waals surface area contributed by atoms with Gasteiger partial charge in [0.1, 0.15) is 0 Å². The second-order valence-corrected chi connectivity index (χ2v) is 7.60. The molecule has 1 unspecified atom stereocenters. The van der Waals surface area contributed by atoms with Gasteiger partial charge < -0.3 is 5.11 Å². The van der Waals surface area contributed by atoms with Gasteiger partial charge in [-0.25, -0.2) is 0 Å². The molecule has 1 heteroatoms. The summed E-state index contributed by atoms with van der Waals surface area (Å²) in [5.74, 6) is 0.213. The van der Waals surface area contributed by atoms with Crippen LogP contribution in [0.5, 0.6) is 0 Å². The molecule has 1 atom stereocenters. The van der Waals surface area contributed by atoms with E-state index < -0.39 is 5.60 Å². The highest BCUT2D eigenvalue weighted by Gasteiger charge is 2.36. The fourth-order valence-corrected chi connectivity index (χ4v) is 4.06. The third-order valence-corrected chi connectivity index (χ3v) is 5.43. The monoisotopic (exact) mass is 358 g/mol. The molecule has 0 radical (unpaired) electrons. The molecule has 0 bridgehead atoms. The summed E-state index contributed by atoms with van der Waals surface area (Å²) in [4.78, 5) is 0. The molecule has 0 amide bonds. The highest BCUT2D eigenvalue weighted by molar-refractivity contribution is 5.24. The van der Waals surface area contributed by atoms with Gasteiger partial charge in [0.25, 0.3) is 0 Å². The first-order chi connectivity index (χ1) is 13.2. The topological polar surface area (TPSA) is 20.2 Å². The van der Waals surface area contributed by atoms with Crippen LogP contribution in [0.4, 0.5) is 0 Å². The zero-order chi connectivity index (χ0) is 19.0. The normalized spacial score (nSPS) is 12.7. The van der Waals surface area contributed by atoms with Crippen molar-refractivity contribution in [2.24, 2.45) is 5.92 Å². The summed E-state index contributed by atoms with van der Waals surface area (Å²) in [7, 11) is 0. The number of rotatable bonds is 9. The first kappa shape index (κ1) is 19.4. The Labute approximate surface area is 163 Å². The van der Waals surface area contributed by atoms with E-state index in [-0.39, 0.29) is 5.92 Å². The van der Waals surface area contributed by atoms with Crippen molar-refractivity contribution in [3.8, 4) is 0 Å². The molecule has 1 nitrogen and oxygen atoms in total. The Hall–Kier alpha value is -2.38. The van der Waals surface area contributed by atoms with Gasteiger partial charge in [0.15, 0.2) is 0 Å². The lowest BCUT2D eigenvalue weighted by molar-refractivity contribution is -0.0221. The van der Waals surface area contributed by atoms with Crippen molar-refractivity contribution >= 4 is 0 Å². The molecule has 3 aromatic rings. The lowest BCUT2D eigenvalue weighted by atomic mass is 9.73. The van der Waals surface area contributed by atoms with Crippen LogP contribution in [0.15, 0.2) is 91.0 Å². The van der Waals surface area contributed by atoms with E-state index in [1.807, 2.05) is 12.1 Å². The SMILES string of the molecule is CCCC(Cc1ccccc1)C(O)(Cc1ccccc1)Cc1ccccc1. The van der Waals surface area contributed by atoms with Crippen molar-refractivity contribution in [2.75, 3.05) is 0 Å². The third-order valence-electron chi connectivity index (χ3n) is 5.43. The van der Waals surface area contributed by atoms with Crippen LogP contribution in [0.2, 0.25) is 0 Å². The van der Waals surface area contributed by atoms with Crippen molar-refractivity contribution in [3.05, 3.63) is 108 Å². The van der Waals surface area contributed by atoms with E-state index in [9.17, 15) is 5.11 Å². The molecule has 140 valence electrons. The third kappa shape index (κ3) is 5.55. The van der Waals surface area contributed by atoms with Crippen LogP contribution >= 0.6 is 0 Å². The quantitative estimate of drug-likeness (QED) is 0.508. The first-order valence-electron chi connectivity index (χ1n) is 10.0. The number of benzene rings is 3. The summed E-state index contributed by atoms with van der Waals surface area (Å²) < 4.78 is 0. The van der Waals surface area contributed by atoms with E-state index in [0.29, 0.717) is 12.8 Å². The van der Waals surface area contributed by atoms with Crippen LogP contribution in [0.1, 0.15) is 36.5 Å². The Morgan fingerprint density at radius 2 is 1.07 bits per heavy atom.